The first kappa shape index (κ1) is 16.0. The van der Waals surface area contributed by atoms with E-state index >= 15 is 0 Å². The fourth-order valence-electron chi connectivity index (χ4n) is 2.79. The monoisotopic (exact) mass is 328 g/mol. The van der Waals surface area contributed by atoms with E-state index in [4.69, 9.17) is 4.42 Å². The third-order valence-corrected chi connectivity index (χ3v) is 4.07. The van der Waals surface area contributed by atoms with Gasteiger partial charge in [-0.05, 0) is 45.1 Å². The van der Waals surface area contributed by atoms with Gasteiger partial charge in [0.25, 0.3) is 5.56 Å². The molecular formula is C17H20N4O3. The Labute approximate surface area is 138 Å². The average molecular weight is 328 g/mol. The van der Waals surface area contributed by atoms with Gasteiger partial charge in [0.1, 0.15) is 17.3 Å². The molecule has 0 N–H and O–H groups in total. The molecule has 7 nitrogen and oxygen atoms in total. The zero-order valence-corrected chi connectivity index (χ0v) is 14.2. The molecule has 0 fully saturated rings. The van der Waals surface area contributed by atoms with E-state index in [9.17, 15) is 9.59 Å². The lowest BCUT2D eigenvalue weighted by Crippen LogP contribution is -2.39. The predicted octanol–water partition coefficient (Wildman–Crippen LogP) is 2.01. The van der Waals surface area contributed by atoms with Gasteiger partial charge in [-0.15, -0.1) is 0 Å². The van der Waals surface area contributed by atoms with Crippen LogP contribution in [0.25, 0.3) is 23.3 Å². The summed E-state index contributed by atoms with van der Waals surface area (Å²) in [6.07, 6.45) is 3.57. The van der Waals surface area contributed by atoms with Crippen LogP contribution in [0.2, 0.25) is 0 Å². The summed E-state index contributed by atoms with van der Waals surface area (Å²) < 4.78 is 9.96. The van der Waals surface area contributed by atoms with Crippen molar-refractivity contribution >= 4 is 23.3 Å². The molecule has 24 heavy (non-hydrogen) atoms. The summed E-state index contributed by atoms with van der Waals surface area (Å²) >= 11 is 0. The Morgan fingerprint density at radius 3 is 2.42 bits per heavy atom. The maximum Gasteiger partial charge on any atom is 0.332 e. The summed E-state index contributed by atoms with van der Waals surface area (Å²) in [6.45, 7) is 6.30. The Kier molecular flexibility index (Phi) is 4.01. The first-order chi connectivity index (χ1) is 11.5. The summed E-state index contributed by atoms with van der Waals surface area (Å²) in [5, 5.41) is 0. The van der Waals surface area contributed by atoms with E-state index in [1.807, 2.05) is 26.0 Å². The van der Waals surface area contributed by atoms with Crippen molar-refractivity contribution in [3.63, 3.8) is 0 Å². The Balaban J connectivity index is 2.23. The summed E-state index contributed by atoms with van der Waals surface area (Å²) in [5.74, 6) is 2.12. The van der Waals surface area contributed by atoms with E-state index in [1.165, 1.54) is 9.13 Å². The molecule has 3 rings (SSSR count). The van der Waals surface area contributed by atoms with E-state index in [0.717, 1.165) is 5.76 Å². The van der Waals surface area contributed by atoms with E-state index < -0.39 is 0 Å². The molecule has 0 bridgehead atoms. The predicted molar refractivity (Wildman–Crippen MR) is 93.0 cm³/mol. The molecular weight excluding hydrogens is 308 g/mol. The molecule has 0 unspecified atom stereocenters. The summed E-state index contributed by atoms with van der Waals surface area (Å²) in [6, 6.07) is 3.74. The second-order valence-corrected chi connectivity index (χ2v) is 5.56. The number of hydrogen-bond donors (Lipinski definition) is 0. The molecule has 0 amide bonds. The molecule has 0 aliphatic carbocycles. The largest absolute Gasteiger partial charge is 0.462 e. The second kappa shape index (κ2) is 5.99. The third-order valence-electron chi connectivity index (χ3n) is 4.07. The number of hydrogen-bond acceptors (Lipinski definition) is 4. The highest BCUT2D eigenvalue weighted by Crippen LogP contribution is 2.14. The standard InChI is InChI=1S/C17H20N4O3/c1-5-20-15-14(16(22)21(6-2)17(20)23)19(4)13(18-15)10-9-12-8-7-11(3)24-12/h7-10H,5-6H2,1-4H3/b10-9+. The Bertz CT molecular complexity index is 1050. The quantitative estimate of drug-likeness (QED) is 0.734. The summed E-state index contributed by atoms with van der Waals surface area (Å²) in [4.78, 5) is 29.5. The minimum absolute atomic E-state index is 0.314. The number of fused-ring (bicyclic) bond motifs is 1. The molecule has 126 valence electrons. The number of furan rings is 1. The topological polar surface area (TPSA) is 75.0 Å². The smallest absolute Gasteiger partial charge is 0.332 e. The first-order valence-electron chi connectivity index (χ1n) is 7.92. The van der Waals surface area contributed by atoms with Crippen LogP contribution in [0.15, 0.2) is 26.1 Å². The van der Waals surface area contributed by atoms with Crippen molar-refractivity contribution in [1.82, 2.24) is 18.7 Å². The molecule has 0 aliphatic heterocycles. The van der Waals surface area contributed by atoms with Crippen LogP contribution in [0.1, 0.15) is 31.2 Å². The molecule has 0 aromatic carbocycles. The normalized spacial score (nSPS) is 11.8. The van der Waals surface area contributed by atoms with E-state index in [2.05, 4.69) is 4.98 Å². The van der Waals surface area contributed by atoms with Gasteiger partial charge in [0.2, 0.25) is 0 Å². The Hall–Kier alpha value is -2.83. The van der Waals surface area contributed by atoms with Gasteiger partial charge in [-0.25, -0.2) is 9.78 Å². The Morgan fingerprint density at radius 1 is 1.12 bits per heavy atom. The van der Waals surface area contributed by atoms with E-state index in [0.29, 0.717) is 35.8 Å². The lowest BCUT2D eigenvalue weighted by Gasteiger charge is -2.07. The van der Waals surface area contributed by atoms with E-state index in [1.54, 1.807) is 30.7 Å². The van der Waals surface area contributed by atoms with Gasteiger partial charge in [0.05, 0.1) is 0 Å². The number of imidazole rings is 1. The minimum atomic E-state index is -0.326. The first-order valence-corrected chi connectivity index (χ1v) is 7.92. The van der Waals surface area contributed by atoms with Crippen molar-refractivity contribution in [3.8, 4) is 0 Å². The molecule has 7 heteroatoms. The van der Waals surface area contributed by atoms with Gasteiger partial charge in [0.15, 0.2) is 11.2 Å². The van der Waals surface area contributed by atoms with Gasteiger partial charge >= 0.3 is 5.69 Å². The Morgan fingerprint density at radius 2 is 1.83 bits per heavy atom. The lowest BCUT2D eigenvalue weighted by molar-refractivity contribution is 0.525. The van der Waals surface area contributed by atoms with Crippen molar-refractivity contribution in [1.29, 1.82) is 0 Å². The highest BCUT2D eigenvalue weighted by Gasteiger charge is 2.17. The van der Waals surface area contributed by atoms with Gasteiger partial charge in [0, 0.05) is 20.1 Å². The van der Waals surface area contributed by atoms with Crippen molar-refractivity contribution in [2.75, 3.05) is 0 Å². The second-order valence-electron chi connectivity index (χ2n) is 5.56. The lowest BCUT2D eigenvalue weighted by atomic mass is 10.4. The van der Waals surface area contributed by atoms with Gasteiger partial charge in [-0.3, -0.25) is 13.9 Å². The van der Waals surface area contributed by atoms with Gasteiger partial charge < -0.3 is 8.98 Å². The number of nitrogens with zero attached hydrogens (tertiary/aromatic N) is 4. The van der Waals surface area contributed by atoms with Crippen LogP contribution in [0.5, 0.6) is 0 Å². The third kappa shape index (κ3) is 2.42. The average Bonchev–Trinajstić information content (AvgIpc) is 3.10. The zero-order valence-electron chi connectivity index (χ0n) is 14.2. The van der Waals surface area contributed by atoms with Crippen LogP contribution in [0.4, 0.5) is 0 Å². The molecule has 3 aromatic heterocycles. The maximum absolute atomic E-state index is 12.6. The van der Waals surface area contributed by atoms with Crippen LogP contribution >= 0.6 is 0 Å². The molecule has 0 atom stereocenters. The van der Waals surface area contributed by atoms with Crippen LogP contribution in [0.3, 0.4) is 0 Å². The molecule has 0 radical (unpaired) electrons. The van der Waals surface area contributed by atoms with Gasteiger partial charge in [-0.1, -0.05) is 0 Å². The molecule has 3 heterocycles. The molecule has 0 aliphatic rings. The number of rotatable bonds is 4. The van der Waals surface area contributed by atoms with Crippen molar-refractivity contribution < 1.29 is 4.42 Å². The van der Waals surface area contributed by atoms with Crippen LogP contribution in [0, 0.1) is 6.92 Å². The van der Waals surface area contributed by atoms with Crippen molar-refractivity contribution in [3.05, 3.63) is 50.3 Å². The minimum Gasteiger partial charge on any atom is -0.462 e. The summed E-state index contributed by atoms with van der Waals surface area (Å²) in [7, 11) is 1.77. The molecule has 3 aromatic rings. The highest BCUT2D eigenvalue weighted by molar-refractivity contribution is 5.76. The zero-order chi connectivity index (χ0) is 17.4. The number of aromatic nitrogens is 4. The van der Waals surface area contributed by atoms with E-state index in [-0.39, 0.29) is 11.2 Å². The molecule has 0 spiro atoms. The summed E-state index contributed by atoms with van der Waals surface area (Å²) in [5.41, 5.74) is 0.196. The highest BCUT2D eigenvalue weighted by atomic mass is 16.3. The van der Waals surface area contributed by atoms with Crippen LogP contribution < -0.4 is 11.2 Å². The van der Waals surface area contributed by atoms with Gasteiger partial charge in [-0.2, -0.15) is 0 Å². The van der Waals surface area contributed by atoms with Crippen LogP contribution in [-0.4, -0.2) is 18.7 Å². The fraction of sp³-hybridized carbons (Fsp3) is 0.353. The molecule has 0 saturated carbocycles. The maximum atomic E-state index is 12.6. The molecule has 0 saturated heterocycles. The van der Waals surface area contributed by atoms with Crippen molar-refractivity contribution in [2.24, 2.45) is 7.05 Å². The SMILES string of the molecule is CCn1c(=O)c2c(nc(/C=C/c3ccc(C)o3)n2C)n(CC)c1=O. The van der Waals surface area contributed by atoms with Crippen LogP contribution in [-0.2, 0) is 20.1 Å². The van der Waals surface area contributed by atoms with Crippen molar-refractivity contribution in [2.45, 2.75) is 33.9 Å². The fourth-order valence-corrected chi connectivity index (χ4v) is 2.79. The number of aryl methyl sites for hydroxylation is 3.